The Morgan fingerprint density at radius 3 is 2.55 bits per heavy atom. The van der Waals surface area contributed by atoms with Crippen LogP contribution in [-0.2, 0) is 19.4 Å². The fourth-order valence-corrected chi connectivity index (χ4v) is 3.79. The van der Waals surface area contributed by atoms with Gasteiger partial charge in [-0.1, -0.05) is 31.2 Å². The van der Waals surface area contributed by atoms with Crippen LogP contribution >= 0.6 is 0 Å². The standard InChI is InChI=1S/C26H32FN5O/c1-6-20-10-8-9-11-24(20)29-26(30-25(33)21-13-12-17(3)23(27)16-21)28-15-14-22-18(4)31-32(7-2)19(22)5/h8-13,16H,6-7,14-15H2,1-5H3,(H2,28,29,30,33). The number of hydrogen-bond acceptors (Lipinski definition) is 3. The van der Waals surface area contributed by atoms with E-state index in [1.807, 2.05) is 35.9 Å². The Bertz CT molecular complexity index is 1170. The molecule has 0 saturated carbocycles. The predicted octanol–water partition coefficient (Wildman–Crippen LogP) is 4.97. The highest BCUT2D eigenvalue weighted by molar-refractivity contribution is 6.10. The van der Waals surface area contributed by atoms with Crippen molar-refractivity contribution in [3.05, 3.63) is 81.9 Å². The number of nitrogens with one attached hydrogen (secondary N) is 2. The molecule has 2 aromatic carbocycles. The lowest BCUT2D eigenvalue weighted by Crippen LogP contribution is -2.36. The molecular weight excluding hydrogens is 417 g/mol. The number of nitrogens with zero attached hydrogens (tertiary/aromatic N) is 3. The molecule has 0 saturated heterocycles. The van der Waals surface area contributed by atoms with Crippen LogP contribution in [0, 0.1) is 26.6 Å². The molecule has 174 valence electrons. The molecule has 2 N–H and O–H groups in total. The van der Waals surface area contributed by atoms with Crippen LogP contribution in [-0.4, -0.2) is 28.2 Å². The third-order valence-electron chi connectivity index (χ3n) is 5.78. The lowest BCUT2D eigenvalue weighted by Gasteiger charge is -2.15. The number of amides is 1. The molecule has 0 aliphatic carbocycles. The normalized spacial score (nSPS) is 11.5. The van der Waals surface area contributed by atoms with Crippen molar-refractivity contribution in [1.29, 1.82) is 0 Å². The average molecular weight is 450 g/mol. The summed E-state index contributed by atoms with van der Waals surface area (Å²) in [5.41, 5.74) is 6.02. The average Bonchev–Trinajstić information content (AvgIpc) is 3.08. The Hall–Kier alpha value is -3.48. The van der Waals surface area contributed by atoms with Crippen LogP contribution in [0.3, 0.4) is 0 Å². The van der Waals surface area contributed by atoms with E-state index in [4.69, 9.17) is 0 Å². The largest absolute Gasteiger partial charge is 0.326 e. The van der Waals surface area contributed by atoms with Gasteiger partial charge in [0, 0.05) is 30.0 Å². The predicted molar refractivity (Wildman–Crippen MR) is 131 cm³/mol. The number of aromatic nitrogens is 2. The second-order valence-corrected chi connectivity index (χ2v) is 8.00. The zero-order valence-corrected chi connectivity index (χ0v) is 20.0. The summed E-state index contributed by atoms with van der Waals surface area (Å²) in [4.78, 5) is 17.5. The van der Waals surface area contributed by atoms with Gasteiger partial charge in [0.2, 0.25) is 5.96 Å². The van der Waals surface area contributed by atoms with Crippen molar-refractivity contribution in [2.75, 3.05) is 11.9 Å². The van der Waals surface area contributed by atoms with Crippen molar-refractivity contribution >= 4 is 17.6 Å². The van der Waals surface area contributed by atoms with E-state index in [1.165, 1.54) is 11.6 Å². The first-order chi connectivity index (χ1) is 15.8. The molecule has 1 amide bonds. The van der Waals surface area contributed by atoms with Crippen molar-refractivity contribution in [2.24, 2.45) is 4.99 Å². The Morgan fingerprint density at radius 1 is 1.12 bits per heavy atom. The number of guanidine groups is 1. The van der Waals surface area contributed by atoms with Crippen LogP contribution in [0.25, 0.3) is 0 Å². The minimum Gasteiger partial charge on any atom is -0.326 e. The summed E-state index contributed by atoms with van der Waals surface area (Å²) < 4.78 is 16.0. The van der Waals surface area contributed by atoms with Crippen LogP contribution in [0.15, 0.2) is 47.5 Å². The fourth-order valence-electron chi connectivity index (χ4n) is 3.79. The number of halogens is 1. The maximum Gasteiger partial charge on any atom is 0.258 e. The zero-order chi connectivity index (χ0) is 24.0. The van der Waals surface area contributed by atoms with Crippen molar-refractivity contribution in [1.82, 2.24) is 15.1 Å². The number of aliphatic imine (C=N–C) groups is 1. The van der Waals surface area contributed by atoms with Gasteiger partial charge in [0.05, 0.1) is 5.69 Å². The van der Waals surface area contributed by atoms with E-state index >= 15 is 0 Å². The van der Waals surface area contributed by atoms with Crippen molar-refractivity contribution in [3.63, 3.8) is 0 Å². The van der Waals surface area contributed by atoms with Gasteiger partial charge in [0.15, 0.2) is 0 Å². The maximum absolute atomic E-state index is 14.0. The third-order valence-corrected chi connectivity index (χ3v) is 5.78. The van der Waals surface area contributed by atoms with E-state index in [0.717, 1.165) is 35.6 Å². The summed E-state index contributed by atoms with van der Waals surface area (Å²) in [5.74, 6) is -0.496. The molecule has 7 heteroatoms. The van der Waals surface area contributed by atoms with Crippen LogP contribution < -0.4 is 10.6 Å². The number of carbonyl (C=O) groups is 1. The van der Waals surface area contributed by atoms with Gasteiger partial charge in [0.1, 0.15) is 5.82 Å². The Kier molecular flexibility index (Phi) is 7.98. The molecule has 0 fully saturated rings. The zero-order valence-electron chi connectivity index (χ0n) is 20.0. The number of rotatable bonds is 7. The third kappa shape index (κ3) is 5.86. The summed E-state index contributed by atoms with van der Waals surface area (Å²) in [6, 6.07) is 12.3. The van der Waals surface area contributed by atoms with Crippen molar-refractivity contribution in [2.45, 2.75) is 54.0 Å². The molecular formula is C26H32FN5O. The van der Waals surface area contributed by atoms with E-state index in [0.29, 0.717) is 24.5 Å². The lowest BCUT2D eigenvalue weighted by molar-refractivity contribution is 0.0976. The monoisotopic (exact) mass is 449 g/mol. The first-order valence-corrected chi connectivity index (χ1v) is 11.3. The van der Waals surface area contributed by atoms with Gasteiger partial charge in [-0.3, -0.25) is 19.8 Å². The van der Waals surface area contributed by atoms with Gasteiger partial charge in [-0.15, -0.1) is 0 Å². The van der Waals surface area contributed by atoms with E-state index in [-0.39, 0.29) is 5.56 Å². The Balaban J connectivity index is 1.83. The molecule has 3 rings (SSSR count). The molecule has 0 aliphatic heterocycles. The summed E-state index contributed by atoms with van der Waals surface area (Å²) >= 11 is 0. The number of aryl methyl sites for hydroxylation is 4. The molecule has 0 spiro atoms. The number of anilines is 1. The topological polar surface area (TPSA) is 71.3 Å². The molecule has 0 radical (unpaired) electrons. The van der Waals surface area contributed by atoms with E-state index in [1.54, 1.807) is 19.1 Å². The van der Waals surface area contributed by atoms with Crippen molar-refractivity contribution in [3.8, 4) is 0 Å². The summed E-state index contributed by atoms with van der Waals surface area (Å²) in [5, 5.41) is 10.7. The molecule has 0 atom stereocenters. The van der Waals surface area contributed by atoms with Gasteiger partial charge in [-0.25, -0.2) is 4.39 Å². The molecule has 6 nitrogen and oxygen atoms in total. The molecule has 3 aromatic rings. The number of hydrogen-bond donors (Lipinski definition) is 2. The van der Waals surface area contributed by atoms with Crippen LogP contribution in [0.4, 0.5) is 10.1 Å². The van der Waals surface area contributed by atoms with E-state index in [2.05, 4.69) is 41.5 Å². The Morgan fingerprint density at radius 2 is 1.88 bits per heavy atom. The SMILES string of the molecule is CCc1ccccc1NC(=NCCc1c(C)nn(CC)c1C)NC(=O)c1ccc(C)c(F)c1. The lowest BCUT2D eigenvalue weighted by atomic mass is 10.1. The highest BCUT2D eigenvalue weighted by Crippen LogP contribution is 2.17. The molecule has 0 bridgehead atoms. The molecule has 0 unspecified atom stereocenters. The van der Waals surface area contributed by atoms with Gasteiger partial charge in [-0.2, -0.15) is 5.10 Å². The molecule has 0 aliphatic rings. The van der Waals surface area contributed by atoms with Crippen LogP contribution in [0.1, 0.15) is 52.3 Å². The van der Waals surface area contributed by atoms with Gasteiger partial charge >= 0.3 is 0 Å². The number of carbonyl (C=O) groups excluding carboxylic acids is 1. The summed E-state index contributed by atoms with van der Waals surface area (Å²) in [6.07, 6.45) is 1.54. The van der Waals surface area contributed by atoms with Crippen LogP contribution in [0.2, 0.25) is 0 Å². The minimum absolute atomic E-state index is 0.243. The van der Waals surface area contributed by atoms with Crippen LogP contribution in [0.5, 0.6) is 0 Å². The first kappa shape index (κ1) is 24.2. The summed E-state index contributed by atoms with van der Waals surface area (Å²) in [6.45, 7) is 11.2. The fraction of sp³-hybridized carbons (Fsp3) is 0.346. The quantitative estimate of drug-likeness (QED) is 0.395. The highest BCUT2D eigenvalue weighted by atomic mass is 19.1. The van der Waals surface area contributed by atoms with Gasteiger partial charge in [-0.05, 0) is 75.4 Å². The molecule has 1 aromatic heterocycles. The molecule has 1 heterocycles. The number of benzene rings is 2. The van der Waals surface area contributed by atoms with Gasteiger partial charge in [0.25, 0.3) is 5.91 Å². The van der Waals surface area contributed by atoms with E-state index < -0.39 is 11.7 Å². The Labute approximate surface area is 194 Å². The van der Waals surface area contributed by atoms with Crippen molar-refractivity contribution < 1.29 is 9.18 Å². The highest BCUT2D eigenvalue weighted by Gasteiger charge is 2.14. The summed E-state index contributed by atoms with van der Waals surface area (Å²) in [7, 11) is 0. The second kappa shape index (κ2) is 10.9. The molecule has 33 heavy (non-hydrogen) atoms. The second-order valence-electron chi connectivity index (χ2n) is 8.00. The number of para-hydroxylation sites is 1. The minimum atomic E-state index is -0.416. The van der Waals surface area contributed by atoms with Gasteiger partial charge < -0.3 is 5.32 Å². The smallest absolute Gasteiger partial charge is 0.258 e. The maximum atomic E-state index is 14.0. The first-order valence-electron chi connectivity index (χ1n) is 11.3. The van der Waals surface area contributed by atoms with E-state index in [9.17, 15) is 9.18 Å².